The van der Waals surface area contributed by atoms with Crippen molar-refractivity contribution in [2.75, 3.05) is 46.5 Å². The molecule has 116 valence electrons. The van der Waals surface area contributed by atoms with Crippen LogP contribution in [-0.4, -0.2) is 62.6 Å². The monoisotopic (exact) mass is 282 g/mol. The normalized spacial score (nSPS) is 37.2. The quantitative estimate of drug-likeness (QED) is 0.792. The van der Waals surface area contributed by atoms with Crippen molar-refractivity contribution in [1.29, 1.82) is 0 Å². The summed E-state index contributed by atoms with van der Waals surface area (Å²) in [5.41, 5.74) is 0.274. The zero-order chi connectivity index (χ0) is 14.0. The van der Waals surface area contributed by atoms with E-state index in [9.17, 15) is 5.11 Å². The summed E-state index contributed by atoms with van der Waals surface area (Å²) < 4.78 is 5.52. The van der Waals surface area contributed by atoms with Crippen molar-refractivity contribution in [2.45, 2.75) is 38.1 Å². The first kappa shape index (κ1) is 14.8. The van der Waals surface area contributed by atoms with E-state index in [1.165, 1.54) is 25.9 Å². The van der Waals surface area contributed by atoms with Crippen LogP contribution in [-0.2, 0) is 4.74 Å². The van der Waals surface area contributed by atoms with E-state index in [0.717, 1.165) is 50.9 Å². The zero-order valence-electron chi connectivity index (χ0n) is 12.8. The second-order valence-electron chi connectivity index (χ2n) is 7.31. The Hall–Kier alpha value is -0.160. The van der Waals surface area contributed by atoms with Crippen LogP contribution in [0.3, 0.4) is 0 Å². The van der Waals surface area contributed by atoms with Gasteiger partial charge in [0.25, 0.3) is 0 Å². The number of nitrogens with one attached hydrogen (secondary N) is 1. The van der Waals surface area contributed by atoms with Crippen LogP contribution in [0.2, 0.25) is 0 Å². The van der Waals surface area contributed by atoms with Gasteiger partial charge in [0.1, 0.15) is 0 Å². The van der Waals surface area contributed by atoms with E-state index in [4.69, 9.17) is 4.74 Å². The number of piperidine rings is 1. The molecule has 2 bridgehead atoms. The molecule has 1 saturated carbocycles. The molecule has 0 aromatic rings. The van der Waals surface area contributed by atoms with Crippen molar-refractivity contribution < 1.29 is 9.84 Å². The molecule has 3 rings (SSSR count). The average Bonchev–Trinajstić information content (AvgIpc) is 2.69. The number of hydrogen-bond acceptors (Lipinski definition) is 4. The van der Waals surface area contributed by atoms with Gasteiger partial charge in [0, 0.05) is 45.5 Å². The minimum Gasteiger partial charge on any atom is -0.396 e. The third kappa shape index (κ3) is 3.03. The summed E-state index contributed by atoms with van der Waals surface area (Å²) in [4.78, 5) is 2.50. The van der Waals surface area contributed by atoms with Crippen LogP contribution in [0.25, 0.3) is 0 Å². The minimum atomic E-state index is 0.274. The smallest absolute Gasteiger partial charge is 0.0471 e. The highest BCUT2D eigenvalue weighted by Crippen LogP contribution is 2.38. The highest BCUT2D eigenvalue weighted by molar-refractivity contribution is 4.98. The van der Waals surface area contributed by atoms with Gasteiger partial charge in [0.05, 0.1) is 0 Å². The summed E-state index contributed by atoms with van der Waals surface area (Å²) in [5.74, 6) is 1.68. The summed E-state index contributed by atoms with van der Waals surface area (Å²) in [6.45, 7) is 5.61. The van der Waals surface area contributed by atoms with E-state index >= 15 is 0 Å². The lowest BCUT2D eigenvalue weighted by Gasteiger charge is -2.42. The fraction of sp³-hybridized carbons (Fsp3) is 1.00. The second kappa shape index (κ2) is 6.30. The fourth-order valence-corrected chi connectivity index (χ4v) is 4.68. The first-order valence-electron chi connectivity index (χ1n) is 8.33. The molecule has 0 radical (unpaired) electrons. The number of fused-ring (bicyclic) bond motifs is 2. The Morgan fingerprint density at radius 2 is 1.85 bits per heavy atom. The third-order valence-electron chi connectivity index (χ3n) is 5.92. The standard InChI is InChI=1S/C16H30N2O2/c1-18-10-13-2-3-14(11-18)15(13)17-12-16(4-7-19)5-8-20-9-6-16/h13-15,17,19H,2-12H2,1H3. The maximum absolute atomic E-state index is 9.40. The topological polar surface area (TPSA) is 44.7 Å². The van der Waals surface area contributed by atoms with E-state index in [1.54, 1.807) is 0 Å². The summed E-state index contributed by atoms with van der Waals surface area (Å²) in [6, 6.07) is 0.713. The molecule has 2 unspecified atom stereocenters. The SMILES string of the molecule is CN1CC2CCC(C1)C2NCC1(CCO)CCOCC1. The average molecular weight is 282 g/mol. The van der Waals surface area contributed by atoms with Crippen LogP contribution < -0.4 is 5.32 Å². The number of ether oxygens (including phenoxy) is 1. The van der Waals surface area contributed by atoms with Crippen molar-refractivity contribution in [3.8, 4) is 0 Å². The molecule has 20 heavy (non-hydrogen) atoms. The number of nitrogens with zero attached hydrogens (tertiary/aromatic N) is 1. The lowest BCUT2D eigenvalue weighted by atomic mass is 9.77. The van der Waals surface area contributed by atoms with Gasteiger partial charge in [0.15, 0.2) is 0 Å². The minimum absolute atomic E-state index is 0.274. The van der Waals surface area contributed by atoms with Gasteiger partial charge in [-0.15, -0.1) is 0 Å². The van der Waals surface area contributed by atoms with E-state index in [-0.39, 0.29) is 5.41 Å². The molecule has 0 aromatic carbocycles. The van der Waals surface area contributed by atoms with Gasteiger partial charge >= 0.3 is 0 Å². The van der Waals surface area contributed by atoms with E-state index in [1.807, 2.05) is 0 Å². The largest absolute Gasteiger partial charge is 0.396 e. The molecule has 1 aliphatic carbocycles. The third-order valence-corrected chi connectivity index (χ3v) is 5.92. The Bertz CT molecular complexity index is 298. The molecule has 2 heterocycles. The molecule has 2 atom stereocenters. The molecular formula is C16H30N2O2. The summed E-state index contributed by atoms with van der Waals surface area (Å²) in [6.07, 6.45) is 5.90. The first-order valence-corrected chi connectivity index (χ1v) is 8.33. The van der Waals surface area contributed by atoms with Gasteiger partial charge in [-0.2, -0.15) is 0 Å². The maximum Gasteiger partial charge on any atom is 0.0471 e. The van der Waals surface area contributed by atoms with Crippen molar-refractivity contribution in [3.05, 3.63) is 0 Å². The van der Waals surface area contributed by atoms with Crippen molar-refractivity contribution >= 4 is 0 Å². The number of aliphatic hydroxyl groups excluding tert-OH is 1. The molecule has 2 saturated heterocycles. The molecule has 3 fully saturated rings. The fourth-order valence-electron chi connectivity index (χ4n) is 4.68. The summed E-state index contributed by atoms with van der Waals surface area (Å²) in [5, 5.41) is 13.3. The molecule has 0 aromatic heterocycles. The van der Waals surface area contributed by atoms with Gasteiger partial charge < -0.3 is 20.1 Å². The zero-order valence-corrected chi connectivity index (χ0v) is 12.8. The van der Waals surface area contributed by atoms with Crippen molar-refractivity contribution in [2.24, 2.45) is 17.3 Å². The highest BCUT2D eigenvalue weighted by atomic mass is 16.5. The van der Waals surface area contributed by atoms with Gasteiger partial charge in [0.2, 0.25) is 0 Å². The predicted molar refractivity (Wildman–Crippen MR) is 79.7 cm³/mol. The molecule has 2 N–H and O–H groups in total. The van der Waals surface area contributed by atoms with Crippen LogP contribution in [0.4, 0.5) is 0 Å². The molecule has 0 spiro atoms. The molecular weight excluding hydrogens is 252 g/mol. The number of likely N-dealkylation sites (tertiary alicyclic amines) is 1. The first-order chi connectivity index (χ1) is 9.72. The molecule has 3 aliphatic rings. The van der Waals surface area contributed by atoms with Gasteiger partial charge in [-0.25, -0.2) is 0 Å². The van der Waals surface area contributed by atoms with E-state index in [0.29, 0.717) is 12.6 Å². The summed E-state index contributed by atoms with van der Waals surface area (Å²) in [7, 11) is 2.26. The predicted octanol–water partition coefficient (Wildman–Crippen LogP) is 1.10. The van der Waals surface area contributed by atoms with Crippen molar-refractivity contribution in [1.82, 2.24) is 10.2 Å². The molecule has 4 heteroatoms. The van der Waals surface area contributed by atoms with E-state index < -0.39 is 0 Å². The number of aliphatic hydroxyl groups is 1. The van der Waals surface area contributed by atoms with E-state index in [2.05, 4.69) is 17.3 Å². The number of rotatable bonds is 5. The molecule has 0 amide bonds. The lowest BCUT2D eigenvalue weighted by molar-refractivity contribution is -0.00170. The van der Waals surface area contributed by atoms with Crippen molar-refractivity contribution in [3.63, 3.8) is 0 Å². The van der Waals surface area contributed by atoms with Gasteiger partial charge in [-0.05, 0) is 56.4 Å². The second-order valence-corrected chi connectivity index (χ2v) is 7.31. The van der Waals surface area contributed by atoms with Crippen LogP contribution in [0.15, 0.2) is 0 Å². The molecule has 4 nitrogen and oxygen atoms in total. The van der Waals surface area contributed by atoms with Crippen LogP contribution >= 0.6 is 0 Å². The van der Waals surface area contributed by atoms with Gasteiger partial charge in [-0.3, -0.25) is 0 Å². The Morgan fingerprint density at radius 3 is 2.45 bits per heavy atom. The Labute approximate surface area is 122 Å². The van der Waals surface area contributed by atoms with Crippen LogP contribution in [0.1, 0.15) is 32.1 Å². The Morgan fingerprint density at radius 1 is 1.20 bits per heavy atom. The number of hydrogen-bond donors (Lipinski definition) is 2. The Kier molecular flexibility index (Phi) is 4.65. The van der Waals surface area contributed by atoms with Crippen LogP contribution in [0.5, 0.6) is 0 Å². The van der Waals surface area contributed by atoms with Crippen LogP contribution in [0, 0.1) is 17.3 Å². The highest BCUT2D eigenvalue weighted by Gasteiger charge is 2.42. The van der Waals surface area contributed by atoms with Gasteiger partial charge in [-0.1, -0.05) is 0 Å². The summed E-state index contributed by atoms with van der Waals surface area (Å²) >= 11 is 0. The lowest BCUT2D eigenvalue weighted by Crippen LogP contribution is -2.53. The molecule has 2 aliphatic heterocycles. The Balaban J connectivity index is 1.57. The maximum atomic E-state index is 9.40.